The third kappa shape index (κ3) is 14.1. The average molecular weight is 312 g/mol. The van der Waals surface area contributed by atoms with Crippen LogP contribution >= 0.6 is 0 Å². The van der Waals surface area contributed by atoms with Gasteiger partial charge in [0.2, 0.25) is 0 Å². The van der Waals surface area contributed by atoms with E-state index in [0.29, 0.717) is 6.42 Å². The minimum Gasteiger partial charge on any atom is -0.465 e. The van der Waals surface area contributed by atoms with Crippen molar-refractivity contribution >= 4 is 11.8 Å². The molecule has 0 aliphatic carbocycles. The molecule has 0 heterocycles. The quantitative estimate of drug-likeness (QED) is 0.298. The first-order chi connectivity index (χ1) is 10.6. The Labute approximate surface area is 137 Å². The van der Waals surface area contributed by atoms with Gasteiger partial charge >= 0.3 is 5.97 Å². The molecule has 0 aliphatic heterocycles. The number of hydrogen-bond acceptors (Lipinski definition) is 3. The highest BCUT2D eigenvalue weighted by molar-refractivity contribution is 5.78. The second-order valence-electron chi connectivity index (χ2n) is 6.48. The number of unbranched alkanes of at least 4 members (excludes halogenated alkanes) is 10. The van der Waals surface area contributed by atoms with Crippen LogP contribution in [0.25, 0.3) is 0 Å². The maximum absolute atomic E-state index is 11.5. The predicted octanol–water partition coefficient (Wildman–Crippen LogP) is 5.46. The van der Waals surface area contributed by atoms with Gasteiger partial charge in [-0.25, -0.2) is 0 Å². The molecule has 0 saturated carbocycles. The largest absolute Gasteiger partial charge is 0.465 e. The lowest BCUT2D eigenvalue weighted by Crippen LogP contribution is -2.17. The lowest BCUT2D eigenvalue weighted by molar-refractivity contribution is -0.145. The fourth-order valence-corrected chi connectivity index (χ4v) is 2.34. The molecule has 1 atom stereocenters. The highest BCUT2D eigenvalue weighted by Gasteiger charge is 2.10. The van der Waals surface area contributed by atoms with E-state index < -0.39 is 0 Å². The van der Waals surface area contributed by atoms with Gasteiger partial charge in [0.1, 0.15) is 12.4 Å². The molecule has 0 spiro atoms. The Balaban J connectivity index is 3.25. The van der Waals surface area contributed by atoms with Gasteiger partial charge < -0.3 is 4.74 Å². The standard InChI is InChI=1S/C19H36O3/c1-4-5-6-7-8-9-10-11-12-13-14-15-19(21)22-16-17(2)18(3)20/h17H,4-16H2,1-3H3. The maximum atomic E-state index is 11.5. The molecule has 0 rings (SSSR count). The topological polar surface area (TPSA) is 43.4 Å². The summed E-state index contributed by atoms with van der Waals surface area (Å²) < 4.78 is 5.10. The fourth-order valence-electron chi connectivity index (χ4n) is 2.34. The first-order valence-electron chi connectivity index (χ1n) is 9.24. The maximum Gasteiger partial charge on any atom is 0.305 e. The lowest BCUT2D eigenvalue weighted by Gasteiger charge is -2.08. The van der Waals surface area contributed by atoms with E-state index in [0.717, 1.165) is 12.8 Å². The first kappa shape index (κ1) is 21.1. The average Bonchev–Trinajstić information content (AvgIpc) is 2.50. The molecular formula is C19H36O3. The van der Waals surface area contributed by atoms with Crippen molar-refractivity contribution in [2.75, 3.05) is 6.61 Å². The molecule has 1 unspecified atom stereocenters. The second kappa shape index (κ2) is 15.1. The summed E-state index contributed by atoms with van der Waals surface area (Å²) in [7, 11) is 0. The van der Waals surface area contributed by atoms with E-state index in [1.54, 1.807) is 6.92 Å². The number of Topliss-reactive ketones (excluding diaryl/α,β-unsaturated/α-hetero) is 1. The molecule has 0 aliphatic rings. The molecule has 130 valence electrons. The highest BCUT2D eigenvalue weighted by Crippen LogP contribution is 2.12. The molecule has 0 saturated heterocycles. The Bertz CT molecular complexity index is 286. The molecule has 0 N–H and O–H groups in total. The molecule has 0 radical (unpaired) electrons. The number of ketones is 1. The van der Waals surface area contributed by atoms with Gasteiger partial charge in [0.25, 0.3) is 0 Å². The summed E-state index contributed by atoms with van der Waals surface area (Å²) in [6, 6.07) is 0. The van der Waals surface area contributed by atoms with Gasteiger partial charge in [-0.3, -0.25) is 9.59 Å². The molecule has 3 nitrogen and oxygen atoms in total. The van der Waals surface area contributed by atoms with Crippen LogP contribution in [0.5, 0.6) is 0 Å². The molecule has 0 bridgehead atoms. The van der Waals surface area contributed by atoms with E-state index in [9.17, 15) is 9.59 Å². The van der Waals surface area contributed by atoms with Crippen molar-refractivity contribution in [1.29, 1.82) is 0 Å². The number of rotatable bonds is 15. The van der Waals surface area contributed by atoms with E-state index in [-0.39, 0.29) is 24.3 Å². The van der Waals surface area contributed by atoms with Gasteiger partial charge in [-0.2, -0.15) is 0 Å². The third-order valence-corrected chi connectivity index (χ3v) is 4.17. The van der Waals surface area contributed by atoms with Crippen LogP contribution < -0.4 is 0 Å². The zero-order chi connectivity index (χ0) is 16.6. The summed E-state index contributed by atoms with van der Waals surface area (Å²) >= 11 is 0. The van der Waals surface area contributed by atoms with Crippen LogP contribution in [0.3, 0.4) is 0 Å². The Kier molecular flexibility index (Phi) is 14.5. The zero-order valence-electron chi connectivity index (χ0n) is 15.0. The van der Waals surface area contributed by atoms with Crippen molar-refractivity contribution in [2.24, 2.45) is 5.92 Å². The van der Waals surface area contributed by atoms with E-state index in [1.165, 1.54) is 64.7 Å². The fraction of sp³-hybridized carbons (Fsp3) is 0.895. The van der Waals surface area contributed by atoms with Crippen LogP contribution in [0.4, 0.5) is 0 Å². The van der Waals surface area contributed by atoms with Crippen LogP contribution in [0.2, 0.25) is 0 Å². The van der Waals surface area contributed by atoms with Crippen LogP contribution in [-0.4, -0.2) is 18.4 Å². The van der Waals surface area contributed by atoms with Crippen molar-refractivity contribution in [1.82, 2.24) is 0 Å². The van der Waals surface area contributed by atoms with Crippen LogP contribution in [0, 0.1) is 5.92 Å². The Hall–Kier alpha value is -0.860. The number of ether oxygens (including phenoxy) is 1. The van der Waals surface area contributed by atoms with Gasteiger partial charge in [0, 0.05) is 12.3 Å². The molecular weight excluding hydrogens is 276 g/mol. The summed E-state index contributed by atoms with van der Waals surface area (Å²) in [4.78, 5) is 22.5. The van der Waals surface area contributed by atoms with Crippen molar-refractivity contribution in [2.45, 2.75) is 97.8 Å². The number of esters is 1. The Morgan fingerprint density at radius 1 is 0.818 bits per heavy atom. The van der Waals surface area contributed by atoms with Crippen molar-refractivity contribution < 1.29 is 14.3 Å². The molecule has 22 heavy (non-hydrogen) atoms. The van der Waals surface area contributed by atoms with Gasteiger partial charge in [0.05, 0.1) is 0 Å². The van der Waals surface area contributed by atoms with Gasteiger partial charge in [0.15, 0.2) is 0 Å². The smallest absolute Gasteiger partial charge is 0.305 e. The molecule has 3 heteroatoms. The second-order valence-corrected chi connectivity index (χ2v) is 6.48. The highest BCUT2D eigenvalue weighted by atomic mass is 16.5. The van der Waals surface area contributed by atoms with Crippen molar-refractivity contribution in [3.8, 4) is 0 Å². The molecule has 0 aromatic carbocycles. The minimum atomic E-state index is -0.179. The lowest BCUT2D eigenvalue weighted by atomic mass is 10.1. The predicted molar refractivity (Wildman–Crippen MR) is 91.9 cm³/mol. The molecule has 0 aromatic rings. The van der Waals surface area contributed by atoms with Gasteiger partial charge in [-0.1, -0.05) is 78.1 Å². The number of carbonyl (C=O) groups is 2. The van der Waals surface area contributed by atoms with Gasteiger partial charge in [-0.05, 0) is 13.3 Å². The Morgan fingerprint density at radius 2 is 1.27 bits per heavy atom. The summed E-state index contributed by atoms with van der Waals surface area (Å²) in [5.41, 5.74) is 0. The van der Waals surface area contributed by atoms with Crippen LogP contribution in [0.15, 0.2) is 0 Å². The van der Waals surface area contributed by atoms with E-state index >= 15 is 0 Å². The van der Waals surface area contributed by atoms with Crippen molar-refractivity contribution in [3.63, 3.8) is 0 Å². The molecule has 0 amide bonds. The SMILES string of the molecule is CCCCCCCCCCCCCC(=O)OCC(C)C(C)=O. The summed E-state index contributed by atoms with van der Waals surface area (Å²) in [6.07, 6.45) is 14.5. The first-order valence-corrected chi connectivity index (χ1v) is 9.24. The van der Waals surface area contributed by atoms with E-state index in [1.807, 2.05) is 0 Å². The van der Waals surface area contributed by atoms with Crippen LogP contribution in [-0.2, 0) is 14.3 Å². The summed E-state index contributed by atoms with van der Waals surface area (Å²) in [5.74, 6) is -0.271. The normalized spacial score (nSPS) is 12.1. The third-order valence-electron chi connectivity index (χ3n) is 4.17. The van der Waals surface area contributed by atoms with Crippen LogP contribution in [0.1, 0.15) is 97.8 Å². The monoisotopic (exact) mass is 312 g/mol. The zero-order valence-corrected chi connectivity index (χ0v) is 15.0. The van der Waals surface area contributed by atoms with Gasteiger partial charge in [-0.15, -0.1) is 0 Å². The molecule has 0 fully saturated rings. The summed E-state index contributed by atoms with van der Waals surface area (Å²) in [6.45, 7) is 5.80. The van der Waals surface area contributed by atoms with E-state index in [2.05, 4.69) is 6.92 Å². The Morgan fingerprint density at radius 3 is 1.73 bits per heavy atom. The number of carbonyl (C=O) groups excluding carboxylic acids is 2. The van der Waals surface area contributed by atoms with Crippen molar-refractivity contribution in [3.05, 3.63) is 0 Å². The minimum absolute atomic E-state index is 0.0718. The number of hydrogen-bond donors (Lipinski definition) is 0. The molecule has 0 aromatic heterocycles. The van der Waals surface area contributed by atoms with E-state index in [4.69, 9.17) is 4.74 Å². The summed E-state index contributed by atoms with van der Waals surface area (Å²) in [5, 5.41) is 0.